The highest BCUT2D eigenvalue weighted by Crippen LogP contribution is 2.24. The van der Waals surface area contributed by atoms with Gasteiger partial charge in [0.1, 0.15) is 11.9 Å². The number of carbonyl (C=O) groups excluding carboxylic acids is 3. The van der Waals surface area contributed by atoms with E-state index in [0.717, 1.165) is 0 Å². The lowest BCUT2D eigenvalue weighted by atomic mass is 9.88. The number of piperidine rings is 1. The zero-order valence-electron chi connectivity index (χ0n) is 16.5. The number of hydrogen-bond acceptors (Lipinski definition) is 4. The third-order valence-electron chi connectivity index (χ3n) is 5.14. The number of rotatable bonds is 7. The summed E-state index contributed by atoms with van der Waals surface area (Å²) in [5.41, 5.74) is 0.0437. The van der Waals surface area contributed by atoms with Crippen molar-refractivity contribution in [2.45, 2.75) is 18.9 Å². The van der Waals surface area contributed by atoms with Gasteiger partial charge in [0.15, 0.2) is 0 Å². The van der Waals surface area contributed by atoms with Gasteiger partial charge in [0.05, 0.1) is 10.4 Å². The fraction of sp³-hybridized carbons (Fsp3) is 0.318. The Labute approximate surface area is 178 Å². The summed E-state index contributed by atoms with van der Waals surface area (Å²) >= 11 is 1.30. The summed E-state index contributed by atoms with van der Waals surface area (Å²) in [6.45, 7) is 4.67. The Morgan fingerprint density at radius 2 is 1.93 bits per heavy atom. The number of nitrogens with zero attached hydrogens (tertiary/aromatic N) is 1. The van der Waals surface area contributed by atoms with Gasteiger partial charge in [0.2, 0.25) is 5.91 Å². The van der Waals surface area contributed by atoms with Crippen molar-refractivity contribution in [3.05, 3.63) is 70.7 Å². The second kappa shape index (κ2) is 10.2. The first-order chi connectivity index (χ1) is 14.5. The number of likely N-dealkylation sites (tertiary alicyclic amines) is 1. The molecule has 3 rings (SSSR count). The smallest absolute Gasteiger partial charge is 0.262 e. The quantitative estimate of drug-likeness (QED) is 0.665. The van der Waals surface area contributed by atoms with Crippen LogP contribution in [0.15, 0.2) is 54.4 Å². The monoisotopic (exact) mass is 429 g/mol. The van der Waals surface area contributed by atoms with Gasteiger partial charge in [-0.25, -0.2) is 4.39 Å². The number of halogens is 1. The number of carbonyl (C=O) groups is 3. The van der Waals surface area contributed by atoms with Crippen LogP contribution in [0.25, 0.3) is 0 Å². The molecule has 2 heterocycles. The van der Waals surface area contributed by atoms with E-state index in [2.05, 4.69) is 17.2 Å². The highest BCUT2D eigenvalue weighted by Gasteiger charge is 2.34. The predicted octanol–water partition coefficient (Wildman–Crippen LogP) is 2.84. The van der Waals surface area contributed by atoms with Gasteiger partial charge < -0.3 is 15.5 Å². The van der Waals surface area contributed by atoms with E-state index >= 15 is 0 Å². The van der Waals surface area contributed by atoms with Gasteiger partial charge in [-0.2, -0.15) is 0 Å². The molecule has 158 valence electrons. The molecule has 1 atom stereocenters. The topological polar surface area (TPSA) is 78.5 Å². The second-order valence-corrected chi connectivity index (χ2v) is 8.02. The van der Waals surface area contributed by atoms with Crippen molar-refractivity contribution in [1.29, 1.82) is 0 Å². The molecule has 0 saturated carbocycles. The molecule has 8 heteroatoms. The van der Waals surface area contributed by atoms with Crippen molar-refractivity contribution in [1.82, 2.24) is 15.5 Å². The molecule has 1 aromatic carbocycles. The molecule has 2 aromatic rings. The van der Waals surface area contributed by atoms with Gasteiger partial charge in [-0.1, -0.05) is 24.3 Å². The van der Waals surface area contributed by atoms with E-state index in [1.54, 1.807) is 40.6 Å². The zero-order valence-corrected chi connectivity index (χ0v) is 17.3. The minimum absolute atomic E-state index is 0.0437. The average molecular weight is 430 g/mol. The summed E-state index contributed by atoms with van der Waals surface area (Å²) in [7, 11) is 0. The van der Waals surface area contributed by atoms with E-state index in [0.29, 0.717) is 37.4 Å². The third kappa shape index (κ3) is 5.13. The van der Waals surface area contributed by atoms with Crippen LogP contribution in [0, 0.1) is 11.7 Å². The average Bonchev–Trinajstić information content (AvgIpc) is 3.31. The van der Waals surface area contributed by atoms with Crippen LogP contribution in [0.3, 0.4) is 0 Å². The van der Waals surface area contributed by atoms with Crippen LogP contribution in [0.5, 0.6) is 0 Å². The van der Waals surface area contributed by atoms with Gasteiger partial charge in [0.25, 0.3) is 11.8 Å². The van der Waals surface area contributed by atoms with Crippen molar-refractivity contribution in [3.8, 4) is 0 Å². The first-order valence-electron chi connectivity index (χ1n) is 9.78. The first-order valence-corrected chi connectivity index (χ1v) is 10.7. The Hall–Kier alpha value is -3.00. The number of amides is 3. The first kappa shape index (κ1) is 21.7. The molecule has 2 N–H and O–H groups in total. The van der Waals surface area contributed by atoms with E-state index in [9.17, 15) is 18.8 Å². The van der Waals surface area contributed by atoms with Crippen LogP contribution in [0.1, 0.15) is 32.9 Å². The Morgan fingerprint density at radius 1 is 1.20 bits per heavy atom. The number of thiophene rings is 1. The van der Waals surface area contributed by atoms with Crippen LogP contribution >= 0.6 is 11.3 Å². The van der Waals surface area contributed by atoms with Gasteiger partial charge in [0, 0.05) is 19.6 Å². The SMILES string of the molecule is C=CCNC(=O)[C@@H](NC(=O)c1cccs1)C1CCN(C(=O)c2ccccc2F)CC1. The highest BCUT2D eigenvalue weighted by atomic mass is 32.1. The molecule has 0 radical (unpaired) electrons. The molecule has 6 nitrogen and oxygen atoms in total. The summed E-state index contributed by atoms with van der Waals surface area (Å²) in [5, 5.41) is 7.39. The van der Waals surface area contributed by atoms with Crippen molar-refractivity contribution in [3.63, 3.8) is 0 Å². The Kier molecular flexibility index (Phi) is 7.35. The largest absolute Gasteiger partial charge is 0.351 e. The number of hydrogen-bond donors (Lipinski definition) is 2. The third-order valence-corrected chi connectivity index (χ3v) is 6.01. The zero-order chi connectivity index (χ0) is 21.5. The fourth-order valence-corrected chi connectivity index (χ4v) is 4.17. The van der Waals surface area contributed by atoms with Crippen molar-refractivity contribution in [2.75, 3.05) is 19.6 Å². The minimum Gasteiger partial charge on any atom is -0.351 e. The van der Waals surface area contributed by atoms with Crippen LogP contribution in [0.4, 0.5) is 4.39 Å². The molecule has 0 unspecified atom stereocenters. The summed E-state index contributed by atoms with van der Waals surface area (Å²) < 4.78 is 13.9. The molecule has 0 bridgehead atoms. The van der Waals surface area contributed by atoms with Crippen LogP contribution < -0.4 is 10.6 Å². The molecule has 0 spiro atoms. The summed E-state index contributed by atoms with van der Waals surface area (Å²) in [6.07, 6.45) is 2.62. The highest BCUT2D eigenvalue weighted by molar-refractivity contribution is 7.12. The molecular weight excluding hydrogens is 405 g/mol. The molecule has 1 saturated heterocycles. The molecule has 1 aliphatic rings. The van der Waals surface area contributed by atoms with Crippen LogP contribution in [0.2, 0.25) is 0 Å². The summed E-state index contributed by atoms with van der Waals surface area (Å²) in [6, 6.07) is 8.67. The molecule has 1 aromatic heterocycles. The van der Waals surface area contributed by atoms with Crippen molar-refractivity contribution < 1.29 is 18.8 Å². The maximum absolute atomic E-state index is 13.9. The maximum atomic E-state index is 13.9. The molecule has 1 aliphatic heterocycles. The van der Waals surface area contributed by atoms with Gasteiger partial charge in [-0.15, -0.1) is 17.9 Å². The van der Waals surface area contributed by atoms with Crippen molar-refractivity contribution >= 4 is 29.1 Å². The second-order valence-electron chi connectivity index (χ2n) is 7.07. The van der Waals surface area contributed by atoms with E-state index in [-0.39, 0.29) is 29.2 Å². The van der Waals surface area contributed by atoms with Gasteiger partial charge in [-0.3, -0.25) is 14.4 Å². The molecule has 3 amide bonds. The number of benzene rings is 1. The predicted molar refractivity (Wildman–Crippen MR) is 114 cm³/mol. The molecule has 1 fully saturated rings. The number of nitrogens with one attached hydrogen (secondary N) is 2. The summed E-state index contributed by atoms with van der Waals surface area (Å²) in [5.74, 6) is -1.62. The molecular formula is C22H24FN3O3S. The minimum atomic E-state index is -0.717. The van der Waals surface area contributed by atoms with E-state index < -0.39 is 11.9 Å². The van der Waals surface area contributed by atoms with Crippen molar-refractivity contribution in [2.24, 2.45) is 5.92 Å². The normalized spacial score (nSPS) is 15.3. The van der Waals surface area contributed by atoms with E-state index in [1.807, 2.05) is 0 Å². The molecule has 0 aliphatic carbocycles. The Balaban J connectivity index is 1.67. The van der Waals surface area contributed by atoms with Gasteiger partial charge >= 0.3 is 0 Å². The fourth-order valence-electron chi connectivity index (χ4n) is 3.54. The van der Waals surface area contributed by atoms with Crippen LogP contribution in [-0.2, 0) is 4.79 Å². The van der Waals surface area contributed by atoms with Gasteiger partial charge in [-0.05, 0) is 42.3 Å². The van der Waals surface area contributed by atoms with E-state index in [1.165, 1.54) is 23.5 Å². The maximum Gasteiger partial charge on any atom is 0.262 e. The molecule has 30 heavy (non-hydrogen) atoms. The standard InChI is InChI=1S/C22H24FN3O3S/c1-2-11-24-21(28)19(25-20(27)18-8-5-14-30-18)15-9-12-26(13-10-15)22(29)16-6-3-4-7-17(16)23/h2-8,14-15,19H,1,9-13H2,(H,24,28)(H,25,27)/t19-/m0/s1. The Bertz CT molecular complexity index is 908. The lowest BCUT2D eigenvalue weighted by Crippen LogP contribution is -2.53. The summed E-state index contributed by atoms with van der Waals surface area (Å²) in [4.78, 5) is 40.0. The van der Waals surface area contributed by atoms with E-state index in [4.69, 9.17) is 0 Å². The lowest BCUT2D eigenvalue weighted by Gasteiger charge is -2.35. The van der Waals surface area contributed by atoms with Crippen LogP contribution in [-0.4, -0.2) is 48.3 Å². The Morgan fingerprint density at radius 3 is 2.57 bits per heavy atom. The lowest BCUT2D eigenvalue weighted by molar-refractivity contribution is -0.124.